The van der Waals surface area contributed by atoms with Crippen LogP contribution in [0.25, 0.3) is 0 Å². The average molecular weight is 243 g/mol. The zero-order chi connectivity index (χ0) is 12.6. The van der Waals surface area contributed by atoms with Crippen LogP contribution in [0.15, 0.2) is 40.3 Å². The van der Waals surface area contributed by atoms with Crippen LogP contribution < -0.4 is 16.4 Å². The third-order valence-electron chi connectivity index (χ3n) is 3.10. The Morgan fingerprint density at radius 2 is 2.11 bits per heavy atom. The summed E-state index contributed by atoms with van der Waals surface area (Å²) in [5, 5.41) is 5.51. The van der Waals surface area contributed by atoms with E-state index in [4.69, 9.17) is 5.73 Å². The molecular formula is C12H13N5O. The predicted molar refractivity (Wildman–Crippen MR) is 68.1 cm³/mol. The van der Waals surface area contributed by atoms with Crippen molar-refractivity contribution >= 4 is 18.1 Å². The van der Waals surface area contributed by atoms with Gasteiger partial charge in [-0.3, -0.25) is 15.5 Å². The number of hydrogen-bond acceptors (Lipinski definition) is 5. The molecule has 0 radical (unpaired) electrons. The molecule has 0 fully saturated rings. The molecular weight excluding hydrogens is 230 g/mol. The summed E-state index contributed by atoms with van der Waals surface area (Å²) in [5.74, 6) is 0.299. The number of amides is 1. The zero-order valence-corrected chi connectivity index (χ0v) is 9.63. The second-order valence-corrected chi connectivity index (χ2v) is 4.32. The molecule has 6 heteroatoms. The fraction of sp³-hybridized carbons (Fsp3) is 0.250. The van der Waals surface area contributed by atoms with Gasteiger partial charge in [-0.05, 0) is 5.56 Å². The molecule has 2 atom stereocenters. The SMILES string of the molecule is NC1N=C2NC=NC2(Cc2ccccc2)C(=O)N1. The zero-order valence-electron chi connectivity index (χ0n) is 9.63. The van der Waals surface area contributed by atoms with Gasteiger partial charge in [0.25, 0.3) is 5.91 Å². The van der Waals surface area contributed by atoms with Gasteiger partial charge in [-0.2, -0.15) is 0 Å². The Kier molecular flexibility index (Phi) is 2.38. The highest BCUT2D eigenvalue weighted by atomic mass is 16.2. The summed E-state index contributed by atoms with van der Waals surface area (Å²) >= 11 is 0. The number of carbonyl (C=O) groups excluding carboxylic acids is 1. The van der Waals surface area contributed by atoms with Gasteiger partial charge < -0.3 is 10.6 Å². The van der Waals surface area contributed by atoms with Crippen molar-refractivity contribution in [3.8, 4) is 0 Å². The molecule has 6 nitrogen and oxygen atoms in total. The van der Waals surface area contributed by atoms with Crippen LogP contribution in [0, 0.1) is 0 Å². The molecule has 1 amide bonds. The first-order valence-electron chi connectivity index (χ1n) is 5.70. The van der Waals surface area contributed by atoms with E-state index in [0.717, 1.165) is 5.56 Å². The summed E-state index contributed by atoms with van der Waals surface area (Å²) in [7, 11) is 0. The number of hydrogen-bond donors (Lipinski definition) is 3. The number of fused-ring (bicyclic) bond motifs is 1. The molecule has 0 aromatic heterocycles. The van der Waals surface area contributed by atoms with E-state index in [1.54, 1.807) is 0 Å². The molecule has 92 valence electrons. The lowest BCUT2D eigenvalue weighted by Gasteiger charge is -2.31. The summed E-state index contributed by atoms with van der Waals surface area (Å²) in [4.78, 5) is 20.6. The molecule has 0 bridgehead atoms. The van der Waals surface area contributed by atoms with E-state index >= 15 is 0 Å². The molecule has 2 heterocycles. The number of amidine groups is 1. The van der Waals surface area contributed by atoms with Gasteiger partial charge >= 0.3 is 0 Å². The Morgan fingerprint density at radius 1 is 1.33 bits per heavy atom. The first-order valence-corrected chi connectivity index (χ1v) is 5.70. The van der Waals surface area contributed by atoms with Crippen molar-refractivity contribution in [1.29, 1.82) is 0 Å². The maximum Gasteiger partial charge on any atom is 0.258 e. The molecule has 0 saturated heterocycles. The predicted octanol–water partition coefficient (Wildman–Crippen LogP) is -0.630. The molecule has 0 saturated carbocycles. The van der Waals surface area contributed by atoms with E-state index in [9.17, 15) is 4.79 Å². The van der Waals surface area contributed by atoms with Crippen LogP contribution in [-0.4, -0.2) is 29.9 Å². The quantitative estimate of drug-likeness (QED) is 0.645. The fourth-order valence-electron chi connectivity index (χ4n) is 2.22. The van der Waals surface area contributed by atoms with Crippen molar-refractivity contribution in [1.82, 2.24) is 10.6 Å². The van der Waals surface area contributed by atoms with Crippen molar-refractivity contribution in [3.63, 3.8) is 0 Å². The summed E-state index contributed by atoms with van der Waals surface area (Å²) in [6, 6.07) is 9.72. The number of aliphatic imine (C=N–C) groups is 2. The number of nitrogens with two attached hydrogens (primary N) is 1. The van der Waals surface area contributed by atoms with Crippen LogP contribution in [0.3, 0.4) is 0 Å². The van der Waals surface area contributed by atoms with Gasteiger partial charge in [0.05, 0.1) is 6.34 Å². The standard InChI is InChI=1S/C12H13N5O/c13-11-16-9-12(10(18)17-11,15-7-14-9)6-8-4-2-1-3-5-8/h1-5,7,11H,6,13H2,(H,17,18)(H,14,15,16). The Hall–Kier alpha value is -2.21. The minimum atomic E-state index is -0.989. The van der Waals surface area contributed by atoms with E-state index in [1.165, 1.54) is 6.34 Å². The topological polar surface area (TPSA) is 91.9 Å². The van der Waals surface area contributed by atoms with Crippen molar-refractivity contribution < 1.29 is 4.79 Å². The van der Waals surface area contributed by atoms with E-state index in [0.29, 0.717) is 12.3 Å². The van der Waals surface area contributed by atoms with Crippen LogP contribution in [0.2, 0.25) is 0 Å². The molecule has 0 aliphatic carbocycles. The van der Waals surface area contributed by atoms with Crippen LogP contribution >= 0.6 is 0 Å². The average Bonchev–Trinajstić information content (AvgIpc) is 2.75. The van der Waals surface area contributed by atoms with Crippen molar-refractivity contribution in [2.24, 2.45) is 15.7 Å². The highest BCUT2D eigenvalue weighted by molar-refractivity contribution is 6.20. The van der Waals surface area contributed by atoms with Crippen molar-refractivity contribution in [2.75, 3.05) is 0 Å². The summed E-state index contributed by atoms with van der Waals surface area (Å²) < 4.78 is 0. The van der Waals surface area contributed by atoms with E-state index in [2.05, 4.69) is 20.6 Å². The van der Waals surface area contributed by atoms with Gasteiger partial charge in [0.1, 0.15) is 5.84 Å². The third kappa shape index (κ3) is 1.58. The normalized spacial score (nSPS) is 29.3. The number of carbonyl (C=O) groups is 1. The van der Waals surface area contributed by atoms with Gasteiger partial charge in [-0.15, -0.1) is 0 Å². The lowest BCUT2D eigenvalue weighted by atomic mass is 9.88. The molecule has 2 aliphatic heterocycles. The summed E-state index contributed by atoms with van der Waals surface area (Å²) in [5.41, 5.74) is 5.65. The van der Waals surface area contributed by atoms with Gasteiger partial charge in [0.2, 0.25) is 5.54 Å². The fourth-order valence-corrected chi connectivity index (χ4v) is 2.22. The van der Waals surface area contributed by atoms with Crippen LogP contribution in [0.4, 0.5) is 0 Å². The first-order chi connectivity index (χ1) is 8.71. The Morgan fingerprint density at radius 3 is 2.89 bits per heavy atom. The number of nitrogens with one attached hydrogen (secondary N) is 2. The molecule has 3 rings (SSSR count). The third-order valence-corrected chi connectivity index (χ3v) is 3.10. The molecule has 0 spiro atoms. The number of nitrogens with zero attached hydrogens (tertiary/aromatic N) is 2. The van der Waals surface area contributed by atoms with Gasteiger partial charge in [-0.25, -0.2) is 4.99 Å². The van der Waals surface area contributed by atoms with Crippen LogP contribution in [0.1, 0.15) is 5.56 Å². The van der Waals surface area contributed by atoms with Gasteiger partial charge in [-0.1, -0.05) is 30.3 Å². The second kappa shape index (κ2) is 3.92. The highest BCUT2D eigenvalue weighted by Crippen LogP contribution is 2.24. The minimum Gasteiger partial charge on any atom is -0.333 e. The second-order valence-electron chi connectivity index (χ2n) is 4.32. The monoisotopic (exact) mass is 243 g/mol. The summed E-state index contributed by atoms with van der Waals surface area (Å²) in [6.45, 7) is 0. The molecule has 2 aliphatic rings. The Labute approximate surface area is 104 Å². The van der Waals surface area contributed by atoms with E-state index < -0.39 is 11.8 Å². The lowest BCUT2D eigenvalue weighted by Crippen LogP contribution is -2.61. The van der Waals surface area contributed by atoms with Crippen LogP contribution in [-0.2, 0) is 11.2 Å². The maximum atomic E-state index is 12.2. The largest absolute Gasteiger partial charge is 0.333 e. The van der Waals surface area contributed by atoms with Crippen LogP contribution in [0.5, 0.6) is 0 Å². The van der Waals surface area contributed by atoms with E-state index in [1.807, 2.05) is 30.3 Å². The number of benzene rings is 1. The highest BCUT2D eigenvalue weighted by Gasteiger charge is 2.49. The molecule has 2 unspecified atom stereocenters. The van der Waals surface area contributed by atoms with Gasteiger partial charge in [0, 0.05) is 6.42 Å². The smallest absolute Gasteiger partial charge is 0.258 e. The van der Waals surface area contributed by atoms with E-state index in [-0.39, 0.29) is 5.91 Å². The molecule has 1 aromatic rings. The summed E-state index contributed by atoms with van der Waals surface area (Å²) in [6.07, 6.45) is 1.26. The van der Waals surface area contributed by atoms with Gasteiger partial charge in [0.15, 0.2) is 6.29 Å². The number of rotatable bonds is 2. The molecule has 18 heavy (non-hydrogen) atoms. The molecule has 4 N–H and O–H groups in total. The first kappa shape index (κ1) is 10.9. The lowest BCUT2D eigenvalue weighted by molar-refractivity contribution is -0.125. The Balaban J connectivity index is 1.99. The Bertz CT molecular complexity index is 539. The minimum absolute atomic E-state index is 0.217. The van der Waals surface area contributed by atoms with Crippen molar-refractivity contribution in [3.05, 3.63) is 35.9 Å². The van der Waals surface area contributed by atoms with Crippen molar-refractivity contribution in [2.45, 2.75) is 18.2 Å². The maximum absolute atomic E-state index is 12.2. The molecule has 1 aromatic carbocycles.